The molecule has 0 spiro atoms. The molecular formula is C28H35N3O. The van der Waals surface area contributed by atoms with Crippen LogP contribution < -0.4 is 0 Å². The Morgan fingerprint density at radius 2 is 1.91 bits per heavy atom. The average Bonchev–Trinajstić information content (AvgIpc) is 3.21. The van der Waals surface area contributed by atoms with Gasteiger partial charge in [-0.25, -0.2) is 4.98 Å². The number of aromatic nitrogens is 2. The Labute approximate surface area is 191 Å². The van der Waals surface area contributed by atoms with E-state index < -0.39 is 5.60 Å². The maximum absolute atomic E-state index is 11.5. The van der Waals surface area contributed by atoms with Gasteiger partial charge >= 0.3 is 0 Å². The van der Waals surface area contributed by atoms with Gasteiger partial charge in [0.15, 0.2) is 0 Å². The lowest BCUT2D eigenvalue weighted by atomic mass is 9.61. The van der Waals surface area contributed by atoms with Gasteiger partial charge in [-0.05, 0) is 81.8 Å². The van der Waals surface area contributed by atoms with E-state index in [2.05, 4.69) is 71.3 Å². The number of allylic oxidation sites excluding steroid dienone is 1. The number of nitrogens with zero attached hydrogens (tertiary/aromatic N) is 2. The molecule has 1 saturated carbocycles. The number of aryl methyl sites for hydroxylation is 2. The zero-order valence-corrected chi connectivity index (χ0v) is 19.3. The third-order valence-electron chi connectivity index (χ3n) is 7.64. The minimum Gasteiger partial charge on any atom is -0.389 e. The van der Waals surface area contributed by atoms with Crippen molar-refractivity contribution in [3.05, 3.63) is 71.6 Å². The third-order valence-corrected chi connectivity index (χ3v) is 7.64. The number of hydrogen-bond acceptors (Lipinski definition) is 3. The van der Waals surface area contributed by atoms with Gasteiger partial charge in [-0.2, -0.15) is 0 Å². The molecule has 3 aromatic rings. The van der Waals surface area contributed by atoms with Gasteiger partial charge in [-0.15, -0.1) is 0 Å². The summed E-state index contributed by atoms with van der Waals surface area (Å²) in [7, 11) is 2.18. The summed E-state index contributed by atoms with van der Waals surface area (Å²) in [6.07, 6.45) is 8.50. The van der Waals surface area contributed by atoms with Crippen molar-refractivity contribution in [1.82, 2.24) is 14.9 Å². The predicted octanol–water partition coefficient (Wildman–Crippen LogP) is 5.37. The molecule has 1 heterocycles. The van der Waals surface area contributed by atoms with Crippen molar-refractivity contribution in [1.29, 1.82) is 0 Å². The van der Waals surface area contributed by atoms with Crippen LogP contribution in [0.25, 0.3) is 16.6 Å². The number of nitrogens with one attached hydrogen (secondary N) is 1. The number of rotatable bonds is 8. The molecule has 6 rings (SSSR count). The molecule has 0 aliphatic heterocycles. The van der Waals surface area contributed by atoms with Crippen LogP contribution in [0, 0.1) is 18.8 Å². The number of hydrogen-bond donors (Lipinski definition) is 2. The Kier molecular flexibility index (Phi) is 5.92. The first-order valence-corrected chi connectivity index (χ1v) is 12.1. The minimum atomic E-state index is -0.551. The predicted molar refractivity (Wildman–Crippen MR) is 131 cm³/mol. The van der Waals surface area contributed by atoms with Crippen LogP contribution >= 0.6 is 0 Å². The molecule has 3 aliphatic carbocycles. The second kappa shape index (κ2) is 8.84. The zero-order chi connectivity index (χ0) is 22.1. The summed E-state index contributed by atoms with van der Waals surface area (Å²) in [5.74, 6) is 1.84. The summed E-state index contributed by atoms with van der Waals surface area (Å²) in [4.78, 5) is 10.5. The van der Waals surface area contributed by atoms with E-state index in [-0.39, 0.29) is 5.92 Å². The van der Waals surface area contributed by atoms with Gasteiger partial charge in [0.2, 0.25) is 0 Å². The Morgan fingerprint density at radius 1 is 1.09 bits per heavy atom. The van der Waals surface area contributed by atoms with Crippen LogP contribution in [0.15, 0.2) is 54.6 Å². The highest BCUT2D eigenvalue weighted by Crippen LogP contribution is 2.51. The van der Waals surface area contributed by atoms with Gasteiger partial charge < -0.3 is 15.0 Å². The van der Waals surface area contributed by atoms with Gasteiger partial charge in [0, 0.05) is 18.9 Å². The Balaban J connectivity index is 1.14. The van der Waals surface area contributed by atoms with Crippen LogP contribution in [0.4, 0.5) is 0 Å². The maximum atomic E-state index is 11.5. The molecule has 1 fully saturated rings. The van der Waals surface area contributed by atoms with Crippen LogP contribution in [-0.2, 0) is 6.42 Å². The fourth-order valence-corrected chi connectivity index (χ4v) is 5.69. The molecule has 4 nitrogen and oxygen atoms in total. The first kappa shape index (κ1) is 21.4. The fraction of sp³-hybridized carbons (Fsp3) is 0.464. The molecule has 4 heteroatoms. The lowest BCUT2D eigenvalue weighted by Crippen LogP contribution is -2.48. The van der Waals surface area contributed by atoms with E-state index in [1.165, 1.54) is 23.1 Å². The summed E-state index contributed by atoms with van der Waals surface area (Å²) in [6, 6.07) is 17.1. The van der Waals surface area contributed by atoms with Crippen molar-refractivity contribution in [3.8, 4) is 0 Å². The lowest BCUT2D eigenvalue weighted by Gasteiger charge is -2.48. The summed E-state index contributed by atoms with van der Waals surface area (Å²) in [5, 5.41) is 11.5. The van der Waals surface area contributed by atoms with Crippen LogP contribution in [0.5, 0.6) is 0 Å². The first-order valence-electron chi connectivity index (χ1n) is 12.1. The molecule has 2 aromatic carbocycles. The number of aromatic amines is 1. The Bertz CT molecular complexity index is 1070. The number of fused-ring (bicyclic) bond motifs is 3. The quantitative estimate of drug-likeness (QED) is 0.506. The van der Waals surface area contributed by atoms with Crippen molar-refractivity contribution < 1.29 is 5.11 Å². The van der Waals surface area contributed by atoms with E-state index >= 15 is 0 Å². The molecule has 2 unspecified atom stereocenters. The van der Waals surface area contributed by atoms with Crippen molar-refractivity contribution in [2.75, 3.05) is 20.1 Å². The standard InChI is InChI=1S/C28H35N3O/c1-20-9-11-21(12-10-20)24-18-23-14-13-22(24)19-28(23,32)15-17-31(2)16-5-8-27-29-25-6-3-4-7-26(25)30-27/h3-4,6-7,9-12,18,22-23,32H,5,8,13-17,19H2,1-2H3,(H,29,30)/t22?,23?,28-/m1/s1. The first-order chi connectivity index (χ1) is 15.5. The Morgan fingerprint density at radius 3 is 2.66 bits per heavy atom. The number of H-pyrrole nitrogens is 1. The highest BCUT2D eigenvalue weighted by Gasteiger charge is 2.46. The van der Waals surface area contributed by atoms with Crippen molar-refractivity contribution >= 4 is 16.6 Å². The smallest absolute Gasteiger partial charge is 0.107 e. The molecule has 2 N–H and O–H groups in total. The normalized spacial score (nSPS) is 24.9. The number of imidazole rings is 1. The topological polar surface area (TPSA) is 52.1 Å². The largest absolute Gasteiger partial charge is 0.389 e. The second-order valence-electron chi connectivity index (χ2n) is 10.0. The summed E-state index contributed by atoms with van der Waals surface area (Å²) >= 11 is 0. The van der Waals surface area contributed by atoms with Crippen LogP contribution in [-0.4, -0.2) is 45.7 Å². The molecule has 32 heavy (non-hydrogen) atoms. The van der Waals surface area contributed by atoms with Gasteiger partial charge in [-0.1, -0.05) is 48.0 Å². The maximum Gasteiger partial charge on any atom is 0.107 e. The monoisotopic (exact) mass is 429 g/mol. The summed E-state index contributed by atoms with van der Waals surface area (Å²) in [5.41, 5.74) is 5.71. The van der Waals surface area contributed by atoms with Crippen molar-refractivity contribution in [3.63, 3.8) is 0 Å². The van der Waals surface area contributed by atoms with Gasteiger partial charge in [0.05, 0.1) is 16.6 Å². The van der Waals surface area contributed by atoms with E-state index in [9.17, 15) is 5.11 Å². The molecule has 1 aromatic heterocycles. The van der Waals surface area contributed by atoms with E-state index in [4.69, 9.17) is 0 Å². The fourth-order valence-electron chi connectivity index (χ4n) is 5.69. The average molecular weight is 430 g/mol. The van der Waals surface area contributed by atoms with Crippen LogP contribution in [0.3, 0.4) is 0 Å². The third kappa shape index (κ3) is 4.39. The molecule has 3 aliphatic rings. The molecule has 168 valence electrons. The summed E-state index contributed by atoms with van der Waals surface area (Å²) in [6.45, 7) is 4.09. The van der Waals surface area contributed by atoms with Crippen molar-refractivity contribution in [2.45, 2.75) is 51.0 Å². The second-order valence-corrected chi connectivity index (χ2v) is 10.0. The number of aliphatic hydroxyl groups is 1. The highest BCUT2D eigenvalue weighted by molar-refractivity contribution is 5.74. The van der Waals surface area contributed by atoms with Gasteiger partial charge in [0.25, 0.3) is 0 Å². The molecule has 2 bridgehead atoms. The van der Waals surface area contributed by atoms with Crippen molar-refractivity contribution in [2.24, 2.45) is 11.8 Å². The van der Waals surface area contributed by atoms with E-state index in [0.29, 0.717) is 5.92 Å². The Hall–Kier alpha value is -2.43. The molecule has 0 radical (unpaired) electrons. The van der Waals surface area contributed by atoms with Crippen LogP contribution in [0.1, 0.15) is 49.1 Å². The van der Waals surface area contributed by atoms with Gasteiger partial charge in [0.1, 0.15) is 5.82 Å². The zero-order valence-electron chi connectivity index (χ0n) is 19.3. The minimum absolute atomic E-state index is 0.285. The molecular weight excluding hydrogens is 394 g/mol. The number of para-hydroxylation sites is 2. The molecule has 0 saturated heterocycles. The molecule has 3 atom stereocenters. The summed E-state index contributed by atoms with van der Waals surface area (Å²) < 4.78 is 0. The highest BCUT2D eigenvalue weighted by atomic mass is 16.3. The molecule has 0 amide bonds. The van der Waals surface area contributed by atoms with E-state index in [0.717, 1.165) is 62.1 Å². The van der Waals surface area contributed by atoms with E-state index in [1.54, 1.807) is 0 Å². The number of benzene rings is 2. The SMILES string of the molecule is Cc1ccc(C2=CC3CCC2C[C@]3(O)CCN(C)CCCc2nc3ccccc3[nH]2)cc1. The lowest BCUT2D eigenvalue weighted by molar-refractivity contribution is -0.0574. The van der Waals surface area contributed by atoms with E-state index in [1.807, 2.05) is 12.1 Å². The van der Waals surface area contributed by atoms with Gasteiger partial charge in [-0.3, -0.25) is 0 Å². The van der Waals surface area contributed by atoms with Crippen LogP contribution in [0.2, 0.25) is 0 Å².